The molecule has 0 aliphatic carbocycles. The van der Waals surface area contributed by atoms with Gasteiger partial charge in [-0.2, -0.15) is 0 Å². The van der Waals surface area contributed by atoms with Gasteiger partial charge in [-0.25, -0.2) is 0 Å². The summed E-state index contributed by atoms with van der Waals surface area (Å²) in [6.45, 7) is 8.98. The predicted molar refractivity (Wildman–Crippen MR) is 119 cm³/mol. The van der Waals surface area contributed by atoms with Gasteiger partial charge in [-0.1, -0.05) is 31.5 Å². The molecule has 0 bridgehead atoms. The minimum absolute atomic E-state index is 0.264. The molecule has 2 aromatic carbocycles. The smallest absolute Gasteiger partial charge is 0.257 e. The Labute approximate surface area is 174 Å². The number of anilines is 1. The summed E-state index contributed by atoms with van der Waals surface area (Å²) in [4.78, 5) is 12.5. The van der Waals surface area contributed by atoms with Crippen molar-refractivity contribution in [1.82, 2.24) is 5.32 Å². The molecule has 2 aromatic rings. The fourth-order valence-electron chi connectivity index (χ4n) is 2.45. The van der Waals surface area contributed by atoms with Crippen LogP contribution in [0.25, 0.3) is 0 Å². The second-order valence-electron chi connectivity index (χ2n) is 6.90. The summed E-state index contributed by atoms with van der Waals surface area (Å²) < 4.78 is 6.49. The van der Waals surface area contributed by atoms with Gasteiger partial charge in [0.1, 0.15) is 5.75 Å². The van der Waals surface area contributed by atoms with Gasteiger partial charge in [0.25, 0.3) is 5.91 Å². The Morgan fingerprint density at radius 2 is 1.93 bits per heavy atom. The van der Waals surface area contributed by atoms with Crippen LogP contribution >= 0.6 is 28.1 Å². The second kappa shape index (κ2) is 9.85. The largest absolute Gasteiger partial charge is 0.492 e. The molecule has 0 unspecified atom stereocenters. The number of ether oxygens (including phenoxy) is 1. The van der Waals surface area contributed by atoms with E-state index in [2.05, 4.69) is 46.5 Å². The Hall–Kier alpha value is -1.92. The molecule has 0 fully saturated rings. The third kappa shape index (κ3) is 6.63. The van der Waals surface area contributed by atoms with E-state index in [0.29, 0.717) is 18.1 Å². The maximum Gasteiger partial charge on any atom is 0.257 e. The first-order valence-corrected chi connectivity index (χ1v) is 10.1. The number of rotatable bonds is 6. The molecular weight excluding hydrogens is 424 g/mol. The zero-order valence-corrected chi connectivity index (χ0v) is 18.5. The van der Waals surface area contributed by atoms with Crippen molar-refractivity contribution in [2.24, 2.45) is 5.92 Å². The molecule has 0 spiro atoms. The monoisotopic (exact) mass is 448 g/mol. The standard InChI is InChI=1S/C21H25BrN2O2S/c1-13(2)9-10-26-19-8-6-16(12-17(19)22)20(25)24-21(27)23-18-7-5-14(3)11-15(18)4/h5-8,11-13H,9-10H2,1-4H3,(H2,23,24,25,27). The van der Waals surface area contributed by atoms with Crippen molar-refractivity contribution in [2.45, 2.75) is 34.1 Å². The molecule has 0 aromatic heterocycles. The molecule has 0 aliphatic heterocycles. The highest BCUT2D eigenvalue weighted by atomic mass is 79.9. The number of hydrogen-bond donors (Lipinski definition) is 2. The van der Waals surface area contributed by atoms with Crippen molar-refractivity contribution < 1.29 is 9.53 Å². The van der Waals surface area contributed by atoms with Crippen LogP contribution in [0.15, 0.2) is 40.9 Å². The van der Waals surface area contributed by atoms with E-state index in [1.807, 2.05) is 26.0 Å². The minimum Gasteiger partial charge on any atom is -0.492 e. The normalized spacial score (nSPS) is 10.6. The molecule has 0 saturated carbocycles. The van der Waals surface area contributed by atoms with Crippen LogP contribution in [-0.2, 0) is 0 Å². The van der Waals surface area contributed by atoms with E-state index in [4.69, 9.17) is 17.0 Å². The van der Waals surface area contributed by atoms with E-state index in [-0.39, 0.29) is 11.0 Å². The molecule has 0 aliphatic rings. The second-order valence-corrected chi connectivity index (χ2v) is 8.17. The first-order chi connectivity index (χ1) is 12.8. The first-order valence-electron chi connectivity index (χ1n) is 8.88. The summed E-state index contributed by atoms with van der Waals surface area (Å²) >= 11 is 8.73. The van der Waals surface area contributed by atoms with Crippen LogP contribution in [0.2, 0.25) is 0 Å². The van der Waals surface area contributed by atoms with Crippen molar-refractivity contribution in [2.75, 3.05) is 11.9 Å². The lowest BCUT2D eigenvalue weighted by Crippen LogP contribution is -2.34. The molecular formula is C21H25BrN2O2S. The van der Waals surface area contributed by atoms with Crippen molar-refractivity contribution in [3.05, 3.63) is 57.6 Å². The van der Waals surface area contributed by atoms with E-state index >= 15 is 0 Å². The van der Waals surface area contributed by atoms with Crippen LogP contribution in [-0.4, -0.2) is 17.6 Å². The highest BCUT2D eigenvalue weighted by molar-refractivity contribution is 9.10. The number of amides is 1. The van der Waals surface area contributed by atoms with Crippen LogP contribution < -0.4 is 15.4 Å². The van der Waals surface area contributed by atoms with Gasteiger partial charge in [0.05, 0.1) is 11.1 Å². The molecule has 0 atom stereocenters. The van der Waals surface area contributed by atoms with Crippen molar-refractivity contribution in [3.63, 3.8) is 0 Å². The maximum absolute atomic E-state index is 12.5. The number of hydrogen-bond acceptors (Lipinski definition) is 3. The third-order valence-electron chi connectivity index (χ3n) is 4.00. The lowest BCUT2D eigenvalue weighted by Gasteiger charge is -2.13. The van der Waals surface area contributed by atoms with Crippen molar-refractivity contribution in [3.8, 4) is 5.75 Å². The van der Waals surface area contributed by atoms with Gasteiger partial charge in [0.2, 0.25) is 0 Å². The Balaban J connectivity index is 1.96. The zero-order valence-electron chi connectivity index (χ0n) is 16.1. The number of halogens is 1. The van der Waals surface area contributed by atoms with E-state index in [1.165, 1.54) is 5.56 Å². The molecule has 1 amide bonds. The van der Waals surface area contributed by atoms with E-state index in [1.54, 1.807) is 18.2 Å². The lowest BCUT2D eigenvalue weighted by molar-refractivity contribution is 0.0977. The van der Waals surface area contributed by atoms with E-state index in [0.717, 1.165) is 27.9 Å². The molecule has 0 radical (unpaired) electrons. The fraction of sp³-hybridized carbons (Fsp3) is 0.333. The summed E-state index contributed by atoms with van der Waals surface area (Å²) in [5, 5.41) is 6.04. The average molecular weight is 449 g/mol. The first kappa shape index (κ1) is 21.4. The fourth-order valence-corrected chi connectivity index (χ4v) is 3.14. The Morgan fingerprint density at radius 1 is 1.19 bits per heavy atom. The molecule has 2 N–H and O–H groups in total. The van der Waals surface area contributed by atoms with Gasteiger partial charge in [-0.05, 0) is 84.2 Å². The maximum atomic E-state index is 12.5. The SMILES string of the molecule is Cc1ccc(NC(=S)NC(=O)c2ccc(OCCC(C)C)c(Br)c2)c(C)c1. The highest BCUT2D eigenvalue weighted by Gasteiger charge is 2.12. The minimum atomic E-state index is -0.272. The zero-order chi connectivity index (χ0) is 20.0. The van der Waals surface area contributed by atoms with Crippen LogP contribution in [0.3, 0.4) is 0 Å². The van der Waals surface area contributed by atoms with Gasteiger partial charge in [0, 0.05) is 11.3 Å². The van der Waals surface area contributed by atoms with Crippen LogP contribution in [0.5, 0.6) is 5.75 Å². The van der Waals surface area contributed by atoms with Gasteiger partial charge < -0.3 is 10.1 Å². The number of aryl methyl sites for hydroxylation is 2. The summed E-state index contributed by atoms with van der Waals surface area (Å²) in [5.41, 5.74) is 3.62. The molecule has 144 valence electrons. The molecule has 0 saturated heterocycles. The van der Waals surface area contributed by atoms with Crippen LogP contribution in [0.1, 0.15) is 41.8 Å². The molecule has 6 heteroatoms. The number of carbonyl (C=O) groups is 1. The lowest BCUT2D eigenvalue weighted by atomic mass is 10.1. The Bertz CT molecular complexity index is 837. The number of nitrogens with one attached hydrogen (secondary N) is 2. The predicted octanol–water partition coefficient (Wildman–Crippen LogP) is 5.62. The third-order valence-corrected chi connectivity index (χ3v) is 4.83. The van der Waals surface area contributed by atoms with Gasteiger partial charge >= 0.3 is 0 Å². The van der Waals surface area contributed by atoms with E-state index in [9.17, 15) is 4.79 Å². The molecule has 4 nitrogen and oxygen atoms in total. The number of benzene rings is 2. The van der Waals surface area contributed by atoms with E-state index < -0.39 is 0 Å². The van der Waals surface area contributed by atoms with Crippen molar-refractivity contribution >= 4 is 44.9 Å². The quantitative estimate of drug-likeness (QED) is 0.563. The Kier molecular flexibility index (Phi) is 7.80. The van der Waals surface area contributed by atoms with Gasteiger partial charge in [0.15, 0.2) is 5.11 Å². The molecule has 0 heterocycles. The van der Waals surface area contributed by atoms with Gasteiger partial charge in [-0.15, -0.1) is 0 Å². The van der Waals surface area contributed by atoms with Gasteiger partial charge in [-0.3, -0.25) is 10.1 Å². The molecule has 2 rings (SSSR count). The highest BCUT2D eigenvalue weighted by Crippen LogP contribution is 2.26. The van der Waals surface area contributed by atoms with Crippen LogP contribution in [0, 0.1) is 19.8 Å². The molecule has 27 heavy (non-hydrogen) atoms. The average Bonchev–Trinajstić information content (AvgIpc) is 2.58. The number of carbonyl (C=O) groups excluding carboxylic acids is 1. The summed E-state index contributed by atoms with van der Waals surface area (Å²) in [6, 6.07) is 11.3. The topological polar surface area (TPSA) is 50.4 Å². The Morgan fingerprint density at radius 3 is 2.56 bits per heavy atom. The number of thiocarbonyl (C=S) groups is 1. The summed E-state index contributed by atoms with van der Waals surface area (Å²) in [7, 11) is 0. The summed E-state index contributed by atoms with van der Waals surface area (Å²) in [5.74, 6) is 1.04. The summed E-state index contributed by atoms with van der Waals surface area (Å²) in [6.07, 6.45) is 0.979. The van der Waals surface area contributed by atoms with Crippen molar-refractivity contribution in [1.29, 1.82) is 0 Å². The van der Waals surface area contributed by atoms with Crippen LogP contribution in [0.4, 0.5) is 5.69 Å².